The molecule has 0 radical (unpaired) electrons. The molecule has 0 bridgehead atoms. The van der Waals surface area contributed by atoms with Gasteiger partial charge in [0.25, 0.3) is 0 Å². The highest BCUT2D eigenvalue weighted by Gasteiger charge is 2.17. The van der Waals surface area contributed by atoms with Gasteiger partial charge in [0.15, 0.2) is 6.10 Å². The Morgan fingerprint density at radius 1 is 1.82 bits per heavy atom. The predicted molar refractivity (Wildman–Crippen MR) is 41.3 cm³/mol. The van der Waals surface area contributed by atoms with Crippen LogP contribution in [0.2, 0.25) is 0 Å². The van der Waals surface area contributed by atoms with Gasteiger partial charge in [-0.3, -0.25) is 0 Å². The molecule has 60 valence electrons. The first-order chi connectivity index (χ1) is 5.25. The normalized spacial score (nSPS) is 12.5. The van der Waals surface area contributed by atoms with Crippen LogP contribution in [0.4, 0.5) is 0 Å². The summed E-state index contributed by atoms with van der Waals surface area (Å²) in [4.78, 5) is 11.4. The van der Waals surface area contributed by atoms with Crippen molar-refractivity contribution < 1.29 is 14.6 Å². The van der Waals surface area contributed by atoms with E-state index in [9.17, 15) is 9.90 Å². The fourth-order valence-corrected chi connectivity index (χ4v) is 1.37. The molecule has 1 aromatic heterocycles. The maximum atomic E-state index is 10.7. The molecule has 0 aromatic carbocycles. The first-order valence-corrected chi connectivity index (χ1v) is 3.93. The smallest absolute Gasteiger partial charge is 0.340 e. The fourth-order valence-electron chi connectivity index (χ4n) is 0.675. The quantitative estimate of drug-likeness (QED) is 0.676. The highest BCUT2D eigenvalue weighted by atomic mass is 32.1. The summed E-state index contributed by atoms with van der Waals surface area (Å²) in [6, 6.07) is 3.46. The molecule has 0 unspecified atom stereocenters. The van der Waals surface area contributed by atoms with Crippen LogP contribution in [0, 0.1) is 0 Å². The van der Waals surface area contributed by atoms with E-state index in [1.807, 2.05) is 0 Å². The van der Waals surface area contributed by atoms with Crippen LogP contribution in [0.1, 0.15) is 11.0 Å². The minimum atomic E-state index is -1.12. The molecule has 0 amide bonds. The number of rotatable bonds is 2. The van der Waals surface area contributed by atoms with Crippen molar-refractivity contribution >= 4 is 17.3 Å². The lowest BCUT2D eigenvalue weighted by Crippen LogP contribution is -2.11. The predicted octanol–water partition coefficient (Wildman–Crippen LogP) is 0.954. The van der Waals surface area contributed by atoms with Crippen molar-refractivity contribution in [2.45, 2.75) is 6.10 Å². The molecule has 1 heterocycles. The molecule has 11 heavy (non-hydrogen) atoms. The molecule has 1 N–H and O–H groups in total. The first kappa shape index (κ1) is 8.23. The molecule has 1 rings (SSSR count). The molecule has 4 heteroatoms. The van der Waals surface area contributed by atoms with E-state index in [0.29, 0.717) is 4.88 Å². The number of carbonyl (C=O) groups is 1. The van der Waals surface area contributed by atoms with Crippen molar-refractivity contribution in [3.05, 3.63) is 22.4 Å². The lowest BCUT2D eigenvalue weighted by Gasteiger charge is -2.03. The lowest BCUT2D eigenvalue weighted by molar-refractivity contribution is -0.150. The summed E-state index contributed by atoms with van der Waals surface area (Å²) in [5.74, 6) is -0.618. The molecular formula is C7H8O3S. The van der Waals surface area contributed by atoms with E-state index in [0.717, 1.165) is 0 Å². The van der Waals surface area contributed by atoms with Gasteiger partial charge in [0.05, 0.1) is 7.11 Å². The third-order valence-electron chi connectivity index (χ3n) is 1.24. The van der Waals surface area contributed by atoms with Crippen LogP contribution in [0.25, 0.3) is 0 Å². The molecular weight excluding hydrogens is 164 g/mol. The Morgan fingerprint density at radius 3 is 3.00 bits per heavy atom. The minimum absolute atomic E-state index is 0.608. The Morgan fingerprint density at radius 2 is 2.55 bits per heavy atom. The topological polar surface area (TPSA) is 46.5 Å². The van der Waals surface area contributed by atoms with Crippen LogP contribution < -0.4 is 0 Å². The Bertz CT molecular complexity index is 230. The maximum Gasteiger partial charge on any atom is 0.340 e. The average Bonchev–Trinajstić information content (AvgIpc) is 2.53. The van der Waals surface area contributed by atoms with E-state index in [-0.39, 0.29) is 0 Å². The number of ether oxygens (including phenoxy) is 1. The molecule has 0 aliphatic heterocycles. The number of aliphatic hydroxyl groups is 1. The van der Waals surface area contributed by atoms with E-state index in [4.69, 9.17) is 0 Å². The molecule has 3 nitrogen and oxygen atoms in total. The van der Waals surface area contributed by atoms with Gasteiger partial charge in [-0.2, -0.15) is 0 Å². The van der Waals surface area contributed by atoms with Crippen LogP contribution in [-0.4, -0.2) is 18.2 Å². The fraction of sp³-hybridized carbons (Fsp3) is 0.286. The number of hydrogen-bond donors (Lipinski definition) is 1. The second-order valence-corrected chi connectivity index (χ2v) is 2.92. The van der Waals surface area contributed by atoms with Crippen LogP contribution in [-0.2, 0) is 9.53 Å². The molecule has 0 fully saturated rings. The summed E-state index contributed by atoms with van der Waals surface area (Å²) in [5.41, 5.74) is 0. The number of methoxy groups -OCH3 is 1. The van der Waals surface area contributed by atoms with E-state index in [1.54, 1.807) is 17.5 Å². The molecule has 0 aliphatic rings. The average molecular weight is 172 g/mol. The largest absolute Gasteiger partial charge is 0.467 e. The Labute approximate surface area is 68.2 Å². The van der Waals surface area contributed by atoms with Gasteiger partial charge in [0.2, 0.25) is 0 Å². The monoisotopic (exact) mass is 172 g/mol. The molecule has 0 saturated carbocycles. The zero-order chi connectivity index (χ0) is 8.27. The Balaban J connectivity index is 2.70. The van der Waals surface area contributed by atoms with Crippen molar-refractivity contribution in [1.82, 2.24) is 0 Å². The van der Waals surface area contributed by atoms with Crippen molar-refractivity contribution in [2.75, 3.05) is 7.11 Å². The van der Waals surface area contributed by atoms with E-state index < -0.39 is 12.1 Å². The van der Waals surface area contributed by atoms with Crippen molar-refractivity contribution in [3.63, 3.8) is 0 Å². The van der Waals surface area contributed by atoms with Crippen LogP contribution in [0.5, 0.6) is 0 Å². The molecule has 1 atom stereocenters. The zero-order valence-electron chi connectivity index (χ0n) is 5.98. The molecule has 0 spiro atoms. The van der Waals surface area contributed by atoms with E-state index in [1.165, 1.54) is 18.4 Å². The minimum Gasteiger partial charge on any atom is -0.467 e. The van der Waals surface area contributed by atoms with Gasteiger partial charge in [-0.1, -0.05) is 6.07 Å². The highest BCUT2D eigenvalue weighted by molar-refractivity contribution is 7.10. The SMILES string of the molecule is COC(=O)[C@@H](O)c1cccs1. The van der Waals surface area contributed by atoms with Gasteiger partial charge in [-0.15, -0.1) is 11.3 Å². The van der Waals surface area contributed by atoms with Crippen LogP contribution >= 0.6 is 11.3 Å². The zero-order valence-corrected chi connectivity index (χ0v) is 6.80. The van der Waals surface area contributed by atoms with Crippen LogP contribution in [0.3, 0.4) is 0 Å². The van der Waals surface area contributed by atoms with Crippen LogP contribution in [0.15, 0.2) is 17.5 Å². The number of hydrogen-bond acceptors (Lipinski definition) is 4. The van der Waals surface area contributed by atoms with Gasteiger partial charge < -0.3 is 9.84 Å². The number of carbonyl (C=O) groups excluding carboxylic acids is 1. The second-order valence-electron chi connectivity index (χ2n) is 1.94. The first-order valence-electron chi connectivity index (χ1n) is 3.05. The molecule has 0 aliphatic carbocycles. The summed E-state index contributed by atoms with van der Waals surface area (Å²) in [6.45, 7) is 0. The summed E-state index contributed by atoms with van der Waals surface area (Å²) in [6.07, 6.45) is -1.12. The van der Waals surface area contributed by atoms with Gasteiger partial charge >= 0.3 is 5.97 Å². The summed E-state index contributed by atoms with van der Waals surface area (Å²) >= 11 is 1.32. The maximum absolute atomic E-state index is 10.7. The second kappa shape index (κ2) is 3.50. The summed E-state index contributed by atoms with van der Waals surface area (Å²) in [5, 5.41) is 11.0. The van der Waals surface area contributed by atoms with Crippen molar-refractivity contribution in [3.8, 4) is 0 Å². The number of aliphatic hydroxyl groups excluding tert-OH is 1. The van der Waals surface area contributed by atoms with E-state index in [2.05, 4.69) is 4.74 Å². The van der Waals surface area contributed by atoms with E-state index >= 15 is 0 Å². The lowest BCUT2D eigenvalue weighted by atomic mass is 10.3. The molecule has 0 saturated heterocycles. The Kier molecular flexibility index (Phi) is 2.62. The highest BCUT2D eigenvalue weighted by Crippen LogP contribution is 2.19. The van der Waals surface area contributed by atoms with Gasteiger partial charge in [0.1, 0.15) is 0 Å². The van der Waals surface area contributed by atoms with Crippen molar-refractivity contribution in [2.24, 2.45) is 0 Å². The standard InChI is InChI=1S/C7H8O3S/c1-10-7(9)6(8)5-3-2-4-11-5/h2-4,6,8H,1H3/t6-/m0/s1. The molecule has 1 aromatic rings. The summed E-state index contributed by atoms with van der Waals surface area (Å²) < 4.78 is 4.35. The van der Waals surface area contributed by atoms with Gasteiger partial charge in [-0.25, -0.2) is 4.79 Å². The third-order valence-corrected chi connectivity index (χ3v) is 2.16. The summed E-state index contributed by atoms with van der Waals surface area (Å²) in [7, 11) is 1.25. The Hall–Kier alpha value is -0.870. The van der Waals surface area contributed by atoms with Gasteiger partial charge in [0, 0.05) is 4.88 Å². The third kappa shape index (κ3) is 1.78. The van der Waals surface area contributed by atoms with Crippen molar-refractivity contribution in [1.29, 1.82) is 0 Å². The van der Waals surface area contributed by atoms with Gasteiger partial charge in [-0.05, 0) is 11.4 Å². The number of thiophene rings is 1. The number of esters is 1.